The van der Waals surface area contributed by atoms with Gasteiger partial charge in [0.1, 0.15) is 6.61 Å². The maximum atomic E-state index is 12.0. The smallest absolute Gasteiger partial charge is 0.306 e. The molecule has 0 aliphatic carbocycles. The number of nitrogens with one attached hydrogen (secondary N) is 1. The molecule has 162 valence electrons. The number of quaternary nitrogens is 1. The number of carbonyl (C=O) groups is 2. The van der Waals surface area contributed by atoms with Crippen LogP contribution < -0.4 is 10.2 Å². The van der Waals surface area contributed by atoms with Crippen LogP contribution in [0, 0.1) is 0 Å². The molecule has 0 saturated carbocycles. The van der Waals surface area contributed by atoms with Crippen LogP contribution in [0.25, 0.3) is 0 Å². The highest BCUT2D eigenvalue weighted by Crippen LogP contribution is 2.12. The molecule has 0 radical (unpaired) electrons. The summed E-state index contributed by atoms with van der Waals surface area (Å²) in [6, 6.07) is 10.1. The molecule has 1 N–H and O–H groups in total. The van der Waals surface area contributed by atoms with Crippen molar-refractivity contribution in [3.63, 3.8) is 0 Å². The molecule has 0 heterocycles. The molecule has 29 heavy (non-hydrogen) atoms. The fourth-order valence-corrected chi connectivity index (χ4v) is 3.07. The van der Waals surface area contributed by atoms with Gasteiger partial charge in [0.05, 0.1) is 40.2 Å². The first-order valence-corrected chi connectivity index (χ1v) is 10.5. The first kappa shape index (κ1) is 24.7. The Morgan fingerprint density at radius 1 is 1.14 bits per heavy atom. The minimum Gasteiger partial charge on any atom is -0.464 e. The maximum Gasteiger partial charge on any atom is 0.306 e. The fraction of sp³-hybridized carbons (Fsp3) is 0.565. The van der Waals surface area contributed by atoms with Crippen molar-refractivity contribution in [3.8, 4) is 0 Å². The first-order valence-electron chi connectivity index (χ1n) is 10.5. The molecular formula is C23H38N3O3+. The second-order valence-electron chi connectivity index (χ2n) is 8.01. The number of rotatable bonds is 14. The van der Waals surface area contributed by atoms with E-state index in [2.05, 4.69) is 49.9 Å². The molecule has 6 nitrogen and oxygen atoms in total. The van der Waals surface area contributed by atoms with E-state index in [1.807, 2.05) is 18.2 Å². The molecule has 0 aliphatic heterocycles. The molecule has 1 amide bonds. The monoisotopic (exact) mass is 404 g/mol. The molecule has 0 fully saturated rings. The summed E-state index contributed by atoms with van der Waals surface area (Å²) in [5.74, 6) is -0.227. The van der Waals surface area contributed by atoms with E-state index in [-0.39, 0.29) is 11.9 Å². The summed E-state index contributed by atoms with van der Waals surface area (Å²) in [4.78, 5) is 25.7. The molecule has 1 aromatic rings. The lowest BCUT2D eigenvalue weighted by atomic mass is 10.2. The zero-order valence-corrected chi connectivity index (χ0v) is 18.6. The van der Waals surface area contributed by atoms with Crippen LogP contribution in [0.4, 0.5) is 5.69 Å². The summed E-state index contributed by atoms with van der Waals surface area (Å²) >= 11 is 0. The number of esters is 1. The molecule has 0 atom stereocenters. The van der Waals surface area contributed by atoms with Crippen LogP contribution in [0.1, 0.15) is 33.1 Å². The number of carbonyl (C=O) groups excluding carboxylic acids is 2. The van der Waals surface area contributed by atoms with Crippen molar-refractivity contribution in [2.75, 3.05) is 58.3 Å². The molecule has 0 aliphatic rings. The molecule has 0 saturated heterocycles. The normalized spacial score (nSPS) is 11.0. The number of hydrogen-bond acceptors (Lipinski definition) is 4. The summed E-state index contributed by atoms with van der Waals surface area (Å²) < 4.78 is 6.23. The maximum absolute atomic E-state index is 12.0. The molecule has 0 aromatic heterocycles. The minimum atomic E-state index is -0.136. The third-order valence-electron chi connectivity index (χ3n) is 4.89. The molecule has 0 spiro atoms. The van der Waals surface area contributed by atoms with Crippen LogP contribution in [0.3, 0.4) is 0 Å². The van der Waals surface area contributed by atoms with Crippen molar-refractivity contribution in [2.24, 2.45) is 0 Å². The molecule has 1 aromatic carbocycles. The van der Waals surface area contributed by atoms with E-state index in [4.69, 9.17) is 4.74 Å². The topological polar surface area (TPSA) is 58.6 Å². The van der Waals surface area contributed by atoms with Gasteiger partial charge < -0.3 is 19.4 Å². The highest BCUT2D eigenvalue weighted by Gasteiger charge is 2.16. The molecule has 0 bridgehead atoms. The zero-order chi connectivity index (χ0) is 21.7. The first-order chi connectivity index (χ1) is 13.7. The number of anilines is 1. The van der Waals surface area contributed by atoms with Crippen LogP contribution in [0.15, 0.2) is 42.5 Å². The van der Waals surface area contributed by atoms with Crippen LogP contribution in [-0.4, -0.2) is 69.8 Å². The molecule has 6 heteroatoms. The van der Waals surface area contributed by atoms with Crippen molar-refractivity contribution in [3.05, 3.63) is 42.5 Å². The SMILES string of the molecule is C=C(C)C(=O)NCCC[N+](C)(C)CCCC(=O)OCCN(CC)c1ccccc1. The van der Waals surface area contributed by atoms with Crippen molar-refractivity contribution < 1.29 is 18.8 Å². The Labute approximate surface area is 176 Å². The van der Waals surface area contributed by atoms with Gasteiger partial charge in [0.15, 0.2) is 0 Å². The summed E-state index contributed by atoms with van der Waals surface area (Å²) in [5.41, 5.74) is 1.67. The van der Waals surface area contributed by atoms with Crippen LogP contribution in [-0.2, 0) is 14.3 Å². The number of nitrogens with zero attached hydrogens (tertiary/aromatic N) is 2. The predicted octanol–water partition coefficient (Wildman–Crippen LogP) is 3.00. The average molecular weight is 405 g/mol. The lowest BCUT2D eigenvalue weighted by Crippen LogP contribution is -2.42. The van der Waals surface area contributed by atoms with Gasteiger partial charge in [0.2, 0.25) is 5.91 Å². The largest absolute Gasteiger partial charge is 0.464 e. The zero-order valence-electron chi connectivity index (χ0n) is 18.6. The van der Waals surface area contributed by atoms with Gasteiger partial charge in [-0.15, -0.1) is 0 Å². The summed E-state index contributed by atoms with van der Waals surface area (Å²) in [5, 5.41) is 2.85. The predicted molar refractivity (Wildman–Crippen MR) is 119 cm³/mol. The van der Waals surface area contributed by atoms with Gasteiger partial charge in [-0.1, -0.05) is 24.8 Å². The molecule has 1 rings (SSSR count). The van der Waals surface area contributed by atoms with Gasteiger partial charge in [-0.2, -0.15) is 0 Å². The van der Waals surface area contributed by atoms with E-state index in [0.29, 0.717) is 31.7 Å². The Morgan fingerprint density at radius 2 is 1.79 bits per heavy atom. The molecular weight excluding hydrogens is 366 g/mol. The standard InChI is InChI=1S/C23H37N3O3/c1-6-25(21-12-8-7-9-13-21)16-19-29-22(27)14-10-17-26(4,5)18-11-15-24-23(28)20(2)3/h7-9,12-13H,2,6,10-11,14-19H2,1,3-5H3/p+1. The van der Waals surface area contributed by atoms with Crippen molar-refractivity contribution in [2.45, 2.75) is 33.1 Å². The second-order valence-corrected chi connectivity index (χ2v) is 8.01. The Hall–Kier alpha value is -2.34. The van der Waals surface area contributed by atoms with Gasteiger partial charge in [-0.05, 0) is 26.0 Å². The summed E-state index contributed by atoms with van der Waals surface area (Å²) in [7, 11) is 4.29. The van der Waals surface area contributed by atoms with Crippen LogP contribution in [0.5, 0.6) is 0 Å². The van der Waals surface area contributed by atoms with E-state index in [1.54, 1.807) is 6.92 Å². The van der Waals surface area contributed by atoms with E-state index in [9.17, 15) is 9.59 Å². The number of ether oxygens (including phenoxy) is 1. The third-order valence-corrected chi connectivity index (χ3v) is 4.89. The number of amides is 1. The van der Waals surface area contributed by atoms with Gasteiger partial charge in [-0.25, -0.2) is 0 Å². The quantitative estimate of drug-likeness (QED) is 0.224. The number of hydrogen-bond donors (Lipinski definition) is 1. The number of likely N-dealkylation sites (N-methyl/N-ethyl adjacent to an activating group) is 1. The average Bonchev–Trinajstić information content (AvgIpc) is 2.69. The van der Waals surface area contributed by atoms with Gasteiger partial charge in [0.25, 0.3) is 0 Å². The summed E-state index contributed by atoms with van der Waals surface area (Å²) in [6.45, 7) is 11.9. The highest BCUT2D eigenvalue weighted by molar-refractivity contribution is 5.91. The van der Waals surface area contributed by atoms with E-state index in [0.717, 1.165) is 42.6 Å². The number of benzene rings is 1. The third kappa shape index (κ3) is 10.7. The van der Waals surface area contributed by atoms with Crippen molar-refractivity contribution in [1.29, 1.82) is 0 Å². The van der Waals surface area contributed by atoms with Gasteiger partial charge >= 0.3 is 5.97 Å². The Morgan fingerprint density at radius 3 is 2.41 bits per heavy atom. The summed E-state index contributed by atoms with van der Waals surface area (Å²) in [6.07, 6.45) is 2.12. The van der Waals surface area contributed by atoms with Crippen molar-refractivity contribution >= 4 is 17.6 Å². The molecule has 0 unspecified atom stereocenters. The van der Waals surface area contributed by atoms with Gasteiger partial charge in [-0.3, -0.25) is 9.59 Å². The second kappa shape index (κ2) is 13.0. The lowest BCUT2D eigenvalue weighted by molar-refractivity contribution is -0.890. The van der Waals surface area contributed by atoms with E-state index < -0.39 is 0 Å². The van der Waals surface area contributed by atoms with Crippen LogP contribution in [0.2, 0.25) is 0 Å². The lowest BCUT2D eigenvalue weighted by Gasteiger charge is -2.29. The van der Waals surface area contributed by atoms with E-state index >= 15 is 0 Å². The van der Waals surface area contributed by atoms with E-state index in [1.165, 1.54) is 0 Å². The fourth-order valence-electron chi connectivity index (χ4n) is 3.07. The highest BCUT2D eigenvalue weighted by atomic mass is 16.5. The van der Waals surface area contributed by atoms with Crippen LogP contribution >= 0.6 is 0 Å². The van der Waals surface area contributed by atoms with Gasteiger partial charge in [0, 0.05) is 37.2 Å². The Bertz CT molecular complexity index is 644. The van der Waals surface area contributed by atoms with Crippen molar-refractivity contribution in [1.82, 2.24) is 5.32 Å². The Kier molecular flexibility index (Phi) is 11.1. The minimum absolute atomic E-state index is 0.0908. The Balaban J connectivity index is 2.18. The number of para-hydroxylation sites is 1.